The Balaban J connectivity index is 2.57. The van der Waals surface area contributed by atoms with Crippen molar-refractivity contribution in [2.24, 2.45) is 0 Å². The van der Waals surface area contributed by atoms with Crippen LogP contribution in [0.15, 0.2) is 24.3 Å². The van der Waals surface area contributed by atoms with Crippen molar-refractivity contribution in [3.05, 3.63) is 29.8 Å². The third-order valence-electron chi connectivity index (χ3n) is 2.89. The quantitative estimate of drug-likeness (QED) is 0.678. The highest BCUT2D eigenvalue weighted by Crippen LogP contribution is 2.12. The van der Waals surface area contributed by atoms with Gasteiger partial charge in [-0.25, -0.2) is 0 Å². The minimum atomic E-state index is -0.292. The Morgan fingerprint density at radius 3 is 2.55 bits per heavy atom. The van der Waals surface area contributed by atoms with E-state index in [1.807, 2.05) is 20.8 Å². The van der Waals surface area contributed by atoms with Gasteiger partial charge < -0.3 is 16.0 Å². The third kappa shape index (κ3) is 7.22. The van der Waals surface area contributed by atoms with E-state index < -0.39 is 0 Å². The van der Waals surface area contributed by atoms with Crippen LogP contribution in [0.1, 0.15) is 50.9 Å². The number of unbranched alkanes of at least 4 members (excludes halogenated alkanes) is 1. The zero-order chi connectivity index (χ0) is 16.6. The van der Waals surface area contributed by atoms with E-state index in [4.69, 9.17) is 0 Å². The molecule has 0 bridgehead atoms. The van der Waals surface area contributed by atoms with E-state index in [-0.39, 0.29) is 23.9 Å². The van der Waals surface area contributed by atoms with E-state index >= 15 is 0 Å². The molecule has 1 rings (SSSR count). The third-order valence-corrected chi connectivity index (χ3v) is 2.89. The molecule has 0 aliphatic heterocycles. The van der Waals surface area contributed by atoms with E-state index in [9.17, 15) is 9.59 Å². The van der Waals surface area contributed by atoms with Gasteiger partial charge in [-0.3, -0.25) is 9.59 Å². The maximum Gasteiger partial charge on any atom is 0.251 e. The number of hydrogen-bond acceptors (Lipinski definition) is 3. The van der Waals surface area contributed by atoms with Gasteiger partial charge in [0, 0.05) is 16.8 Å². The lowest BCUT2D eigenvalue weighted by atomic mass is 10.1. The Bertz CT molecular complexity index is 507. The maximum absolute atomic E-state index is 12.1. The van der Waals surface area contributed by atoms with Crippen LogP contribution in [0.2, 0.25) is 0 Å². The predicted octanol–water partition coefficient (Wildman–Crippen LogP) is 2.54. The normalized spacial score (nSPS) is 11.1. The number of anilines is 1. The molecular weight excluding hydrogens is 278 g/mol. The average Bonchev–Trinajstić information content (AvgIpc) is 2.42. The van der Waals surface area contributed by atoms with Gasteiger partial charge in [-0.05, 0) is 51.9 Å². The minimum absolute atomic E-state index is 0.107. The van der Waals surface area contributed by atoms with Crippen molar-refractivity contribution >= 4 is 17.5 Å². The van der Waals surface area contributed by atoms with Crippen LogP contribution in [0.3, 0.4) is 0 Å². The van der Waals surface area contributed by atoms with Crippen molar-refractivity contribution in [2.45, 2.75) is 46.1 Å². The van der Waals surface area contributed by atoms with E-state index in [1.165, 1.54) is 0 Å². The number of carbonyl (C=O) groups is 2. The predicted molar refractivity (Wildman–Crippen MR) is 90.1 cm³/mol. The SMILES string of the molecule is CCCCNCC(=O)Nc1cccc(C(=O)NC(C)(C)C)c1. The van der Waals surface area contributed by atoms with E-state index in [2.05, 4.69) is 22.9 Å². The second-order valence-corrected chi connectivity index (χ2v) is 6.36. The number of carbonyl (C=O) groups excluding carboxylic acids is 2. The second-order valence-electron chi connectivity index (χ2n) is 6.36. The molecule has 0 spiro atoms. The van der Waals surface area contributed by atoms with Gasteiger partial charge >= 0.3 is 0 Å². The lowest BCUT2D eigenvalue weighted by Gasteiger charge is -2.20. The zero-order valence-electron chi connectivity index (χ0n) is 14.0. The summed E-state index contributed by atoms with van der Waals surface area (Å²) in [5, 5.41) is 8.78. The molecule has 1 aromatic rings. The second kappa shape index (κ2) is 8.54. The van der Waals surface area contributed by atoms with Crippen LogP contribution >= 0.6 is 0 Å². The van der Waals surface area contributed by atoms with Gasteiger partial charge in [-0.2, -0.15) is 0 Å². The van der Waals surface area contributed by atoms with Gasteiger partial charge in [-0.1, -0.05) is 19.4 Å². The highest BCUT2D eigenvalue weighted by Gasteiger charge is 2.15. The van der Waals surface area contributed by atoms with Crippen molar-refractivity contribution in [3.63, 3.8) is 0 Å². The Morgan fingerprint density at radius 2 is 1.91 bits per heavy atom. The molecule has 0 aromatic heterocycles. The molecular formula is C17H27N3O2. The van der Waals surface area contributed by atoms with Crippen LogP contribution in [0.5, 0.6) is 0 Å². The molecule has 0 heterocycles. The summed E-state index contributed by atoms with van der Waals surface area (Å²) in [5.41, 5.74) is 0.870. The average molecular weight is 305 g/mol. The van der Waals surface area contributed by atoms with E-state index in [1.54, 1.807) is 24.3 Å². The fourth-order valence-electron chi connectivity index (χ4n) is 1.86. The maximum atomic E-state index is 12.1. The Labute approximate surface area is 132 Å². The molecule has 0 unspecified atom stereocenters. The first-order valence-corrected chi connectivity index (χ1v) is 7.75. The van der Waals surface area contributed by atoms with Crippen LogP contribution < -0.4 is 16.0 Å². The standard InChI is InChI=1S/C17H27N3O2/c1-5-6-10-18-12-15(21)19-14-9-7-8-13(11-14)16(22)20-17(2,3)4/h7-9,11,18H,5-6,10,12H2,1-4H3,(H,19,21)(H,20,22). The highest BCUT2D eigenvalue weighted by atomic mass is 16.2. The molecule has 0 atom stereocenters. The van der Waals surface area contributed by atoms with Crippen LogP contribution in [0.25, 0.3) is 0 Å². The minimum Gasteiger partial charge on any atom is -0.347 e. The van der Waals surface area contributed by atoms with Crippen molar-refractivity contribution in [1.82, 2.24) is 10.6 Å². The van der Waals surface area contributed by atoms with E-state index in [0.717, 1.165) is 19.4 Å². The first-order valence-electron chi connectivity index (χ1n) is 7.75. The summed E-state index contributed by atoms with van der Waals surface area (Å²) in [5.74, 6) is -0.255. The van der Waals surface area contributed by atoms with Crippen LogP contribution in [0.4, 0.5) is 5.69 Å². The molecule has 5 heteroatoms. The van der Waals surface area contributed by atoms with Gasteiger partial charge in [0.25, 0.3) is 5.91 Å². The highest BCUT2D eigenvalue weighted by molar-refractivity contribution is 5.97. The summed E-state index contributed by atoms with van der Waals surface area (Å²) in [6, 6.07) is 6.96. The van der Waals surface area contributed by atoms with Gasteiger partial charge in [0.05, 0.1) is 6.54 Å². The molecule has 1 aromatic carbocycles. The van der Waals surface area contributed by atoms with Crippen molar-refractivity contribution in [1.29, 1.82) is 0 Å². The largest absolute Gasteiger partial charge is 0.347 e. The van der Waals surface area contributed by atoms with Gasteiger partial charge in [0.1, 0.15) is 0 Å². The van der Waals surface area contributed by atoms with Crippen LogP contribution in [-0.4, -0.2) is 30.4 Å². The summed E-state index contributed by atoms with van der Waals surface area (Å²) < 4.78 is 0. The molecule has 0 saturated heterocycles. The van der Waals surface area contributed by atoms with Gasteiger partial charge in [0.15, 0.2) is 0 Å². The van der Waals surface area contributed by atoms with Gasteiger partial charge in [0.2, 0.25) is 5.91 Å². The molecule has 122 valence electrons. The monoisotopic (exact) mass is 305 g/mol. The fraction of sp³-hybridized carbons (Fsp3) is 0.529. The first-order chi connectivity index (χ1) is 10.3. The van der Waals surface area contributed by atoms with Crippen molar-refractivity contribution in [3.8, 4) is 0 Å². The number of hydrogen-bond donors (Lipinski definition) is 3. The lowest BCUT2D eigenvalue weighted by Crippen LogP contribution is -2.40. The molecule has 2 amide bonds. The summed E-state index contributed by atoms with van der Waals surface area (Å²) in [6.45, 7) is 9.00. The molecule has 22 heavy (non-hydrogen) atoms. The summed E-state index contributed by atoms with van der Waals surface area (Å²) in [6.07, 6.45) is 2.15. The number of amides is 2. The molecule has 3 N–H and O–H groups in total. The van der Waals surface area contributed by atoms with E-state index in [0.29, 0.717) is 11.3 Å². The number of rotatable bonds is 7. The molecule has 0 aliphatic carbocycles. The molecule has 0 fully saturated rings. The summed E-state index contributed by atoms with van der Waals surface area (Å²) in [4.78, 5) is 23.9. The number of nitrogens with one attached hydrogen (secondary N) is 3. The Kier molecular flexibility index (Phi) is 7.05. The lowest BCUT2D eigenvalue weighted by molar-refractivity contribution is -0.115. The van der Waals surface area contributed by atoms with Crippen molar-refractivity contribution < 1.29 is 9.59 Å². The van der Waals surface area contributed by atoms with Gasteiger partial charge in [-0.15, -0.1) is 0 Å². The first kappa shape index (κ1) is 18.2. The smallest absolute Gasteiger partial charge is 0.251 e. The molecule has 0 saturated carbocycles. The van der Waals surface area contributed by atoms with Crippen molar-refractivity contribution in [2.75, 3.05) is 18.4 Å². The Hall–Kier alpha value is -1.88. The molecule has 5 nitrogen and oxygen atoms in total. The molecule has 0 aliphatic rings. The zero-order valence-corrected chi connectivity index (χ0v) is 14.0. The van der Waals surface area contributed by atoms with Crippen LogP contribution in [0, 0.1) is 0 Å². The fourth-order valence-corrected chi connectivity index (χ4v) is 1.86. The Morgan fingerprint density at radius 1 is 1.18 bits per heavy atom. The summed E-state index contributed by atoms with van der Waals surface area (Å²) >= 11 is 0. The van der Waals surface area contributed by atoms with Crippen LogP contribution in [-0.2, 0) is 4.79 Å². The topological polar surface area (TPSA) is 70.2 Å². The molecule has 0 radical (unpaired) electrons. The number of benzene rings is 1. The summed E-state index contributed by atoms with van der Waals surface area (Å²) in [7, 11) is 0.